The molecule has 15 nitrogen and oxygen atoms in total. The van der Waals surface area contributed by atoms with E-state index in [0.29, 0.717) is 38.5 Å². The number of allylic oxidation sites excluding steroid dienone is 1. The number of aliphatic hydroxyl groups is 4. The van der Waals surface area contributed by atoms with Crippen LogP contribution in [0.3, 0.4) is 0 Å². The summed E-state index contributed by atoms with van der Waals surface area (Å²) < 4.78 is 12.2. The van der Waals surface area contributed by atoms with E-state index in [1.807, 2.05) is 27.7 Å². The molecular formula is C38H58N4O11. The topological polar surface area (TPSA) is 227 Å². The van der Waals surface area contributed by atoms with Crippen LogP contribution in [0.4, 0.5) is 17.1 Å². The van der Waals surface area contributed by atoms with Crippen molar-refractivity contribution in [2.75, 3.05) is 5.43 Å². The molecule has 0 saturated carbocycles. The van der Waals surface area contributed by atoms with Crippen LogP contribution in [-0.2, 0) is 14.3 Å². The van der Waals surface area contributed by atoms with Gasteiger partial charge < -0.3 is 29.9 Å². The molecule has 0 spiro atoms. The predicted molar refractivity (Wildman–Crippen MR) is 200 cm³/mol. The number of non-ortho nitro benzene ring substituents is 1. The third-order valence-corrected chi connectivity index (χ3v) is 10.4. The van der Waals surface area contributed by atoms with Crippen LogP contribution in [0.15, 0.2) is 47.1 Å². The largest absolute Gasteiger partial charge is 0.462 e. The number of nitro benzene ring substituents is 2. The number of rotatable bonds is 4. The second kappa shape index (κ2) is 19.5. The van der Waals surface area contributed by atoms with Gasteiger partial charge in [0.15, 0.2) is 0 Å². The third kappa shape index (κ3) is 13.0. The van der Waals surface area contributed by atoms with E-state index in [1.54, 1.807) is 32.9 Å². The van der Waals surface area contributed by atoms with E-state index in [0.717, 1.165) is 23.8 Å². The van der Waals surface area contributed by atoms with Gasteiger partial charge in [-0.3, -0.25) is 30.4 Å². The van der Waals surface area contributed by atoms with Gasteiger partial charge in [0.05, 0.1) is 63.7 Å². The number of benzene rings is 1. The molecule has 2 bridgehead atoms. The quantitative estimate of drug-likeness (QED) is 0.104. The molecule has 2 aliphatic rings. The number of nitrogens with one attached hydrogen (secondary N) is 1. The zero-order valence-corrected chi connectivity index (χ0v) is 31.9. The zero-order chi connectivity index (χ0) is 39.6. The first-order valence-electron chi connectivity index (χ1n) is 18.5. The molecular weight excluding hydrogens is 688 g/mol. The molecule has 0 amide bonds. The highest BCUT2D eigenvalue weighted by Crippen LogP contribution is 2.40. The lowest BCUT2D eigenvalue weighted by atomic mass is 9.85. The molecule has 3 rings (SSSR count). The number of nitro groups is 2. The van der Waals surface area contributed by atoms with Gasteiger partial charge in [-0.1, -0.05) is 51.5 Å². The molecule has 1 saturated heterocycles. The van der Waals surface area contributed by atoms with Gasteiger partial charge in [-0.05, 0) is 89.5 Å². The van der Waals surface area contributed by atoms with Crippen molar-refractivity contribution in [3.05, 3.63) is 62.2 Å². The van der Waals surface area contributed by atoms with Crippen LogP contribution in [0.25, 0.3) is 0 Å². The van der Waals surface area contributed by atoms with E-state index < -0.39 is 81.3 Å². The van der Waals surface area contributed by atoms with Gasteiger partial charge in [-0.25, -0.2) is 0 Å². The van der Waals surface area contributed by atoms with Crippen LogP contribution < -0.4 is 5.43 Å². The van der Waals surface area contributed by atoms with Crippen LogP contribution in [0.5, 0.6) is 0 Å². The second-order valence-electron chi connectivity index (χ2n) is 15.5. The highest BCUT2D eigenvalue weighted by Gasteiger charge is 2.42. The first-order valence-corrected chi connectivity index (χ1v) is 18.5. The number of esters is 1. The SMILES string of the molecule is C/C1=C\[C@@]2(C)O[C@H](C/C(=N/Nc3ccc([N+](=O)[O-])cc3[N+](=O)[O-])[C@H](O)[C@@H](O)[C@H](C)C[C@H](C)OC(=O)[C@H](C)CCCC(O)/C=C/[C@@H](O)C[C@H](C)C1)C[C@@H]2C. The summed E-state index contributed by atoms with van der Waals surface area (Å²) in [6, 6.07) is 3.06. The van der Waals surface area contributed by atoms with Crippen LogP contribution >= 0.6 is 0 Å². The lowest BCUT2D eigenvalue weighted by Gasteiger charge is -2.29. The Morgan fingerprint density at radius 2 is 1.60 bits per heavy atom. The standard InChI is InChI=1S/C38H58N4O11/c1-22-15-23(2)21-38(7)26(5)18-31(53-38)20-33(40-39-32-14-11-28(41(48)49)19-34(32)42(50)51)36(46)35(45)25(4)17-27(6)52-37(47)24(3)9-8-10-29(43)12-13-30(44)16-22/h11-14,19,21-22,24-27,29-31,35-36,39,43-46H,8-10,15-18,20H2,1-7H3/b13-12+,23-21+,40-33-/t22-,24-,25-,26+,27+,29?,30-,31+,35+,36+,38-/m1/s1. The number of carbonyl (C=O) groups excluding carboxylic acids is 1. The highest BCUT2D eigenvalue weighted by molar-refractivity contribution is 5.90. The predicted octanol–water partition coefficient (Wildman–Crippen LogP) is 5.99. The number of carbonyl (C=O) groups is 1. The molecule has 0 radical (unpaired) electrons. The molecule has 5 N–H and O–H groups in total. The highest BCUT2D eigenvalue weighted by atomic mass is 16.6. The van der Waals surface area contributed by atoms with Crippen molar-refractivity contribution in [2.45, 2.75) is 142 Å². The number of ether oxygens (including phenoxy) is 2. The molecule has 53 heavy (non-hydrogen) atoms. The maximum atomic E-state index is 12.8. The van der Waals surface area contributed by atoms with E-state index >= 15 is 0 Å². The zero-order valence-electron chi connectivity index (χ0n) is 31.9. The maximum absolute atomic E-state index is 12.8. The van der Waals surface area contributed by atoms with Crippen molar-refractivity contribution < 1.29 is 44.5 Å². The number of aliphatic hydroxyl groups excluding tert-OH is 4. The Labute approximate surface area is 311 Å². The van der Waals surface area contributed by atoms with Gasteiger partial charge in [0.2, 0.25) is 0 Å². The summed E-state index contributed by atoms with van der Waals surface area (Å²) in [4.78, 5) is 34.4. The molecule has 11 atom stereocenters. The second-order valence-corrected chi connectivity index (χ2v) is 15.5. The summed E-state index contributed by atoms with van der Waals surface area (Å²) in [5.41, 5.74) is 1.82. The minimum Gasteiger partial charge on any atom is -0.462 e. The normalized spacial score (nSPS) is 37.0. The first-order chi connectivity index (χ1) is 24.8. The number of hydrogen-bond donors (Lipinski definition) is 5. The van der Waals surface area contributed by atoms with Gasteiger partial charge in [0.25, 0.3) is 5.69 Å². The van der Waals surface area contributed by atoms with Gasteiger partial charge in [-0.2, -0.15) is 5.10 Å². The van der Waals surface area contributed by atoms with Crippen molar-refractivity contribution in [3.8, 4) is 0 Å². The number of hydrogen-bond acceptors (Lipinski definition) is 13. The molecule has 2 heterocycles. The first kappa shape index (κ1) is 43.6. The van der Waals surface area contributed by atoms with Crippen LogP contribution in [0.2, 0.25) is 0 Å². The Hall–Kier alpha value is -3.76. The van der Waals surface area contributed by atoms with Crippen LogP contribution in [0, 0.1) is 43.9 Å². The van der Waals surface area contributed by atoms with Crippen LogP contribution in [0.1, 0.15) is 99.8 Å². The van der Waals surface area contributed by atoms with Crippen molar-refractivity contribution in [1.82, 2.24) is 0 Å². The molecule has 1 unspecified atom stereocenters. The number of fused-ring (bicyclic) bond motifs is 2. The fraction of sp³-hybridized carbons (Fsp3) is 0.684. The van der Waals surface area contributed by atoms with E-state index in [2.05, 4.69) is 16.6 Å². The summed E-state index contributed by atoms with van der Waals surface area (Å²) in [7, 11) is 0. The molecule has 1 aromatic carbocycles. The fourth-order valence-electron chi connectivity index (χ4n) is 7.24. The number of nitrogens with zero attached hydrogens (tertiary/aromatic N) is 3. The smallest absolute Gasteiger partial charge is 0.308 e. The van der Waals surface area contributed by atoms with Gasteiger partial charge >= 0.3 is 11.7 Å². The molecule has 0 aromatic heterocycles. The summed E-state index contributed by atoms with van der Waals surface area (Å²) in [6.07, 6.45) is 3.28. The van der Waals surface area contributed by atoms with Crippen LogP contribution in [-0.4, -0.2) is 84.2 Å². The average molecular weight is 747 g/mol. The van der Waals surface area contributed by atoms with Crippen molar-refractivity contribution in [3.63, 3.8) is 0 Å². The monoisotopic (exact) mass is 746 g/mol. The summed E-state index contributed by atoms with van der Waals surface area (Å²) in [5.74, 6) is -1.29. The maximum Gasteiger partial charge on any atom is 0.308 e. The molecule has 15 heteroatoms. The number of anilines is 1. The number of hydrazone groups is 1. The molecule has 1 fully saturated rings. The molecule has 0 aliphatic carbocycles. The van der Waals surface area contributed by atoms with Crippen molar-refractivity contribution >= 4 is 28.7 Å². The molecule has 2 aliphatic heterocycles. The van der Waals surface area contributed by atoms with Gasteiger partial charge in [-0.15, -0.1) is 0 Å². The average Bonchev–Trinajstić information content (AvgIpc) is 3.34. The van der Waals surface area contributed by atoms with E-state index in [-0.39, 0.29) is 36.1 Å². The van der Waals surface area contributed by atoms with Gasteiger partial charge in [0.1, 0.15) is 11.8 Å². The minimum absolute atomic E-state index is 0.0372. The number of cyclic esters (lactones) is 1. The van der Waals surface area contributed by atoms with Crippen molar-refractivity contribution in [2.24, 2.45) is 28.8 Å². The lowest BCUT2D eigenvalue weighted by Crippen LogP contribution is -2.41. The Morgan fingerprint density at radius 1 is 0.925 bits per heavy atom. The molecule has 1 aromatic rings. The summed E-state index contributed by atoms with van der Waals surface area (Å²) >= 11 is 0. The lowest BCUT2D eigenvalue weighted by molar-refractivity contribution is -0.393. The van der Waals surface area contributed by atoms with Gasteiger partial charge in [0, 0.05) is 12.5 Å². The Morgan fingerprint density at radius 3 is 2.26 bits per heavy atom. The molecule has 296 valence electrons. The Kier molecular flexibility index (Phi) is 16.1. The van der Waals surface area contributed by atoms with Crippen molar-refractivity contribution in [1.29, 1.82) is 0 Å². The minimum atomic E-state index is -1.55. The van der Waals surface area contributed by atoms with E-state index in [1.165, 1.54) is 0 Å². The summed E-state index contributed by atoms with van der Waals surface area (Å²) in [6.45, 7) is 13.2. The fourth-order valence-corrected chi connectivity index (χ4v) is 7.24. The Bertz CT molecular complexity index is 1520. The third-order valence-electron chi connectivity index (χ3n) is 10.4. The van der Waals surface area contributed by atoms with E-state index in [4.69, 9.17) is 9.47 Å². The Balaban J connectivity index is 1.95. The summed E-state index contributed by atoms with van der Waals surface area (Å²) in [5, 5.41) is 71.4. The van der Waals surface area contributed by atoms with E-state index in [9.17, 15) is 45.4 Å².